The van der Waals surface area contributed by atoms with Crippen molar-refractivity contribution in [2.24, 2.45) is 11.8 Å². The molecule has 1 aliphatic rings. The van der Waals surface area contributed by atoms with E-state index in [4.69, 9.17) is 0 Å². The third kappa shape index (κ3) is 5.72. The fourth-order valence-electron chi connectivity index (χ4n) is 2.36. The molecule has 0 aromatic heterocycles. The van der Waals surface area contributed by atoms with Gasteiger partial charge in [-0.3, -0.25) is 9.63 Å². The molecule has 0 saturated heterocycles. The Balaban J connectivity index is 2.32. The van der Waals surface area contributed by atoms with Crippen LogP contribution in [0.2, 0.25) is 0 Å². The van der Waals surface area contributed by atoms with Crippen molar-refractivity contribution < 1.29 is 29.4 Å². The quantitative estimate of drug-likeness (QED) is 0.409. The zero-order chi connectivity index (χ0) is 15.0. The predicted octanol–water partition coefficient (Wildman–Crippen LogP) is 1.16. The van der Waals surface area contributed by atoms with Crippen molar-refractivity contribution in [3.63, 3.8) is 0 Å². The number of alkyl carbamates (subject to hydrolysis) is 1. The molecule has 9 heteroatoms. The zero-order valence-electron chi connectivity index (χ0n) is 10.9. The highest BCUT2D eigenvalue weighted by Crippen LogP contribution is 2.29. The monoisotopic (exact) mass is 290 g/mol. The van der Waals surface area contributed by atoms with Gasteiger partial charge in [-0.25, -0.2) is 4.79 Å². The van der Waals surface area contributed by atoms with E-state index in [9.17, 15) is 24.8 Å². The van der Waals surface area contributed by atoms with Crippen LogP contribution >= 0.6 is 0 Å². The molecule has 114 valence electrons. The molecule has 0 heterocycles. The molecule has 0 aromatic rings. The van der Waals surface area contributed by atoms with Gasteiger partial charge in [0.1, 0.15) is 0 Å². The van der Waals surface area contributed by atoms with Crippen molar-refractivity contribution in [2.75, 3.05) is 13.3 Å². The molecule has 1 aliphatic carbocycles. The van der Waals surface area contributed by atoms with Gasteiger partial charge in [0.15, 0.2) is 0 Å². The molecule has 1 rings (SSSR count). The molecule has 0 aliphatic heterocycles. The fraction of sp³-hybridized carbons (Fsp3) is 0.818. The summed E-state index contributed by atoms with van der Waals surface area (Å²) in [5, 5.41) is 20.2. The third-order valence-corrected chi connectivity index (χ3v) is 3.35. The van der Waals surface area contributed by atoms with Gasteiger partial charge in [-0.15, -0.1) is 10.1 Å². The molecular weight excluding hydrogens is 272 g/mol. The van der Waals surface area contributed by atoms with Crippen LogP contribution in [-0.4, -0.2) is 35.6 Å². The van der Waals surface area contributed by atoms with Crippen LogP contribution in [0.1, 0.15) is 32.1 Å². The average molecular weight is 290 g/mol. The van der Waals surface area contributed by atoms with Gasteiger partial charge < -0.3 is 15.2 Å². The lowest BCUT2D eigenvalue weighted by molar-refractivity contribution is -0.765. The molecule has 0 spiro atoms. The topological polar surface area (TPSA) is 128 Å². The summed E-state index contributed by atoms with van der Waals surface area (Å²) in [6.45, 7) is -0.878. The first-order valence-corrected chi connectivity index (χ1v) is 6.41. The summed E-state index contributed by atoms with van der Waals surface area (Å²) in [5.74, 6) is -1.59. The second-order valence-electron chi connectivity index (χ2n) is 4.63. The minimum Gasteiger partial charge on any atom is -0.481 e. The average Bonchev–Trinajstić information content (AvgIpc) is 2.39. The van der Waals surface area contributed by atoms with Crippen LogP contribution in [0.3, 0.4) is 0 Å². The minimum absolute atomic E-state index is 0.0385. The lowest BCUT2D eigenvalue weighted by Gasteiger charge is -2.27. The number of nitrogens with zero attached hydrogens (tertiary/aromatic N) is 1. The summed E-state index contributed by atoms with van der Waals surface area (Å²) in [6.07, 6.45) is 3.83. The maximum absolute atomic E-state index is 11.2. The number of rotatable bonds is 7. The number of amides is 1. The van der Waals surface area contributed by atoms with E-state index < -0.39 is 29.9 Å². The summed E-state index contributed by atoms with van der Waals surface area (Å²) < 4.78 is 4.36. The van der Waals surface area contributed by atoms with Gasteiger partial charge in [0.2, 0.25) is 6.79 Å². The number of carbonyl (C=O) groups excluding carboxylic acids is 1. The minimum atomic E-state index is -1.09. The molecule has 1 atom stereocenters. The lowest BCUT2D eigenvalue weighted by Crippen LogP contribution is -2.38. The lowest BCUT2D eigenvalue weighted by atomic mass is 9.80. The van der Waals surface area contributed by atoms with E-state index in [2.05, 4.69) is 14.9 Å². The number of carbonyl (C=O) groups is 2. The number of ether oxygens (including phenoxy) is 1. The summed E-state index contributed by atoms with van der Waals surface area (Å²) >= 11 is 0. The van der Waals surface area contributed by atoms with Gasteiger partial charge in [-0.05, 0) is 18.8 Å². The van der Waals surface area contributed by atoms with E-state index in [1.807, 2.05) is 0 Å². The van der Waals surface area contributed by atoms with Crippen LogP contribution < -0.4 is 5.32 Å². The summed E-state index contributed by atoms with van der Waals surface area (Å²) in [5.41, 5.74) is 0. The van der Waals surface area contributed by atoms with E-state index in [-0.39, 0.29) is 12.5 Å². The maximum Gasteiger partial charge on any atom is 0.409 e. The number of carboxylic acid groups (broad SMARTS) is 1. The number of hydrogen-bond acceptors (Lipinski definition) is 6. The fourth-order valence-corrected chi connectivity index (χ4v) is 2.36. The van der Waals surface area contributed by atoms with Crippen LogP contribution in [0.5, 0.6) is 0 Å². The molecule has 1 amide bonds. The smallest absolute Gasteiger partial charge is 0.409 e. The van der Waals surface area contributed by atoms with Crippen LogP contribution in [-0.2, 0) is 14.4 Å². The summed E-state index contributed by atoms with van der Waals surface area (Å²) in [7, 11) is 0. The zero-order valence-corrected chi connectivity index (χ0v) is 10.9. The Labute approximate surface area is 115 Å². The summed E-state index contributed by atoms with van der Waals surface area (Å²) in [6, 6.07) is 0. The Hall–Kier alpha value is -2.06. The van der Waals surface area contributed by atoms with Crippen molar-refractivity contribution in [2.45, 2.75) is 32.1 Å². The largest absolute Gasteiger partial charge is 0.481 e. The molecule has 20 heavy (non-hydrogen) atoms. The molecule has 0 bridgehead atoms. The number of carboxylic acids is 1. The number of hydrogen-bond donors (Lipinski definition) is 2. The number of aliphatic carboxylic acids is 1. The van der Waals surface area contributed by atoms with Crippen LogP contribution in [0.25, 0.3) is 0 Å². The van der Waals surface area contributed by atoms with Crippen LogP contribution in [0.4, 0.5) is 4.79 Å². The van der Waals surface area contributed by atoms with Crippen molar-refractivity contribution >= 4 is 12.1 Å². The molecular formula is C11H18N2O7. The maximum atomic E-state index is 11.2. The first-order chi connectivity index (χ1) is 9.50. The Morgan fingerprint density at radius 3 is 2.55 bits per heavy atom. The molecule has 1 unspecified atom stereocenters. The highest BCUT2D eigenvalue weighted by atomic mass is 17.0. The highest BCUT2D eigenvalue weighted by Gasteiger charge is 2.29. The van der Waals surface area contributed by atoms with E-state index in [0.29, 0.717) is 0 Å². The third-order valence-electron chi connectivity index (χ3n) is 3.35. The van der Waals surface area contributed by atoms with Crippen molar-refractivity contribution in [3.8, 4) is 0 Å². The Morgan fingerprint density at radius 2 is 2.00 bits per heavy atom. The van der Waals surface area contributed by atoms with Gasteiger partial charge in [0.05, 0.1) is 5.92 Å². The molecule has 9 nitrogen and oxygen atoms in total. The Morgan fingerprint density at radius 1 is 1.35 bits per heavy atom. The van der Waals surface area contributed by atoms with E-state index in [1.54, 1.807) is 0 Å². The second-order valence-corrected chi connectivity index (χ2v) is 4.63. The molecule has 0 aromatic carbocycles. The van der Waals surface area contributed by atoms with E-state index >= 15 is 0 Å². The summed E-state index contributed by atoms with van der Waals surface area (Å²) in [4.78, 5) is 36.1. The first-order valence-electron chi connectivity index (χ1n) is 6.41. The standard InChI is InChI=1S/C11H18N2O7/c14-10(15)9(8-4-2-1-3-5-8)6-12-11(16)19-7-20-13(17)18/h8-9H,1-7H2,(H,12,16)(H,14,15). The first kappa shape index (κ1) is 16.0. The van der Waals surface area contributed by atoms with Gasteiger partial charge in [0.25, 0.3) is 5.09 Å². The number of nitrogens with one attached hydrogen (secondary N) is 1. The second kappa shape index (κ2) is 8.18. The van der Waals surface area contributed by atoms with Crippen LogP contribution in [0.15, 0.2) is 0 Å². The highest BCUT2D eigenvalue weighted by molar-refractivity contribution is 5.72. The van der Waals surface area contributed by atoms with Gasteiger partial charge >= 0.3 is 12.1 Å². The van der Waals surface area contributed by atoms with Crippen molar-refractivity contribution in [1.82, 2.24) is 5.32 Å². The molecule has 2 N–H and O–H groups in total. The van der Waals surface area contributed by atoms with Gasteiger partial charge in [-0.2, -0.15) is 0 Å². The molecule has 1 saturated carbocycles. The Bertz CT molecular complexity index is 355. The normalized spacial score (nSPS) is 17.0. The SMILES string of the molecule is O=C(NCC(C(=O)O)C1CCCCC1)OCO[N+](=O)[O-]. The van der Waals surface area contributed by atoms with Gasteiger partial charge in [0, 0.05) is 6.54 Å². The van der Waals surface area contributed by atoms with Crippen molar-refractivity contribution in [3.05, 3.63) is 10.1 Å². The molecule has 1 fully saturated rings. The van der Waals surface area contributed by atoms with E-state index in [0.717, 1.165) is 32.1 Å². The Kier molecular flexibility index (Phi) is 6.54. The van der Waals surface area contributed by atoms with Crippen molar-refractivity contribution in [1.29, 1.82) is 0 Å². The van der Waals surface area contributed by atoms with E-state index in [1.165, 1.54) is 0 Å². The van der Waals surface area contributed by atoms with Gasteiger partial charge in [-0.1, -0.05) is 19.3 Å². The molecule has 0 radical (unpaired) electrons. The van der Waals surface area contributed by atoms with Crippen LogP contribution in [0, 0.1) is 22.0 Å². The predicted molar refractivity (Wildman–Crippen MR) is 65.1 cm³/mol.